The third-order valence-corrected chi connectivity index (χ3v) is 4.87. The maximum atomic E-state index is 5.80. The zero-order valence-corrected chi connectivity index (χ0v) is 12.2. The molecule has 1 aliphatic carbocycles. The third-order valence-electron chi connectivity index (χ3n) is 3.18. The molecule has 0 spiro atoms. The minimum absolute atomic E-state index is 0.325. The Morgan fingerprint density at radius 1 is 1.22 bits per heavy atom. The lowest BCUT2D eigenvalue weighted by atomic mass is 10.1. The van der Waals surface area contributed by atoms with Crippen LogP contribution in [0.3, 0.4) is 0 Å². The van der Waals surface area contributed by atoms with Crippen molar-refractivity contribution in [2.45, 2.75) is 31.6 Å². The van der Waals surface area contributed by atoms with E-state index < -0.39 is 0 Å². The highest BCUT2D eigenvalue weighted by Crippen LogP contribution is 2.34. The van der Waals surface area contributed by atoms with E-state index in [9.17, 15) is 0 Å². The number of rotatable bonds is 2. The van der Waals surface area contributed by atoms with Gasteiger partial charge in [0.15, 0.2) is 5.82 Å². The number of nitrogen functional groups attached to an aromatic ring is 1. The van der Waals surface area contributed by atoms with Gasteiger partial charge in [-0.3, -0.25) is 0 Å². The number of hydrogen-bond acceptors (Lipinski definition) is 5. The predicted molar refractivity (Wildman–Crippen MR) is 76.5 cm³/mol. The first-order chi connectivity index (χ1) is 8.72. The molecule has 0 saturated heterocycles. The Morgan fingerprint density at radius 2 is 2.00 bits per heavy atom. The van der Waals surface area contributed by atoms with E-state index in [4.69, 9.17) is 5.73 Å². The minimum Gasteiger partial charge on any atom is -0.368 e. The molecule has 1 aliphatic rings. The molecule has 0 amide bonds. The molecule has 94 valence electrons. The van der Waals surface area contributed by atoms with Crippen molar-refractivity contribution in [2.75, 3.05) is 5.73 Å². The van der Waals surface area contributed by atoms with Gasteiger partial charge in [0, 0.05) is 15.8 Å². The fourth-order valence-corrected chi connectivity index (χ4v) is 3.68. The fourth-order valence-electron chi connectivity index (χ4n) is 2.32. The third kappa shape index (κ3) is 2.40. The molecule has 0 aliphatic heterocycles. The minimum atomic E-state index is 0.325. The summed E-state index contributed by atoms with van der Waals surface area (Å²) in [5.74, 6) is 2.34. The summed E-state index contributed by atoms with van der Waals surface area (Å²) >= 11 is 5.05. The molecule has 2 heterocycles. The van der Waals surface area contributed by atoms with Crippen LogP contribution in [0.4, 0.5) is 5.95 Å². The van der Waals surface area contributed by atoms with Crippen LogP contribution in [0, 0.1) is 0 Å². The van der Waals surface area contributed by atoms with E-state index in [0.717, 1.165) is 28.0 Å². The van der Waals surface area contributed by atoms with E-state index in [-0.39, 0.29) is 0 Å². The summed E-state index contributed by atoms with van der Waals surface area (Å²) in [5.41, 5.74) is 5.80. The van der Waals surface area contributed by atoms with Crippen molar-refractivity contribution in [1.29, 1.82) is 0 Å². The van der Waals surface area contributed by atoms with Crippen LogP contribution < -0.4 is 5.73 Å². The quantitative estimate of drug-likeness (QED) is 0.916. The van der Waals surface area contributed by atoms with Crippen molar-refractivity contribution in [3.05, 3.63) is 21.7 Å². The number of hydrogen-bond donors (Lipinski definition) is 1. The lowest BCUT2D eigenvalue weighted by molar-refractivity contribution is 0.665. The highest BCUT2D eigenvalue weighted by molar-refractivity contribution is 9.10. The molecule has 0 atom stereocenters. The second-order valence-electron chi connectivity index (χ2n) is 4.49. The van der Waals surface area contributed by atoms with Gasteiger partial charge in [-0.05, 0) is 34.8 Å². The summed E-state index contributed by atoms with van der Waals surface area (Å²) in [5, 5.41) is 2.02. The molecular formula is C12H13BrN4S. The summed E-state index contributed by atoms with van der Waals surface area (Å²) in [6, 6.07) is 2.01. The van der Waals surface area contributed by atoms with E-state index in [0.29, 0.717) is 17.7 Å². The van der Waals surface area contributed by atoms with Crippen LogP contribution in [-0.4, -0.2) is 15.0 Å². The summed E-state index contributed by atoms with van der Waals surface area (Å²) < 4.78 is 1.05. The van der Waals surface area contributed by atoms with Crippen LogP contribution in [0.25, 0.3) is 10.7 Å². The molecule has 2 aromatic rings. The molecule has 18 heavy (non-hydrogen) atoms. The van der Waals surface area contributed by atoms with Gasteiger partial charge in [-0.2, -0.15) is 9.97 Å². The van der Waals surface area contributed by atoms with E-state index in [1.165, 1.54) is 12.8 Å². The molecule has 2 aromatic heterocycles. The van der Waals surface area contributed by atoms with Crippen molar-refractivity contribution < 1.29 is 0 Å². The van der Waals surface area contributed by atoms with Crippen molar-refractivity contribution in [3.8, 4) is 10.7 Å². The van der Waals surface area contributed by atoms with Gasteiger partial charge in [0.25, 0.3) is 0 Å². The normalized spacial score (nSPS) is 16.3. The largest absolute Gasteiger partial charge is 0.368 e. The first kappa shape index (κ1) is 12.0. The van der Waals surface area contributed by atoms with Crippen LogP contribution >= 0.6 is 27.3 Å². The van der Waals surface area contributed by atoms with Gasteiger partial charge < -0.3 is 5.73 Å². The van der Waals surface area contributed by atoms with Gasteiger partial charge in [-0.15, -0.1) is 11.3 Å². The molecule has 4 nitrogen and oxygen atoms in total. The number of thiophene rings is 1. The molecule has 1 fully saturated rings. The van der Waals surface area contributed by atoms with Crippen LogP contribution in [0.5, 0.6) is 0 Å². The Morgan fingerprint density at radius 3 is 2.67 bits per heavy atom. The van der Waals surface area contributed by atoms with Crippen LogP contribution in [0.2, 0.25) is 0 Å². The number of halogens is 1. The summed E-state index contributed by atoms with van der Waals surface area (Å²) in [6.07, 6.45) is 4.85. The van der Waals surface area contributed by atoms with Crippen LogP contribution in [-0.2, 0) is 0 Å². The van der Waals surface area contributed by atoms with Gasteiger partial charge in [0.2, 0.25) is 5.95 Å². The van der Waals surface area contributed by atoms with E-state index in [1.807, 2.05) is 11.4 Å². The smallest absolute Gasteiger partial charge is 0.223 e. The summed E-state index contributed by atoms with van der Waals surface area (Å²) in [4.78, 5) is 14.1. The lowest BCUT2D eigenvalue weighted by Crippen LogP contribution is -2.07. The summed E-state index contributed by atoms with van der Waals surface area (Å²) in [7, 11) is 0. The maximum absolute atomic E-state index is 5.80. The first-order valence-electron chi connectivity index (χ1n) is 5.98. The Kier molecular flexibility index (Phi) is 3.30. The molecule has 2 N–H and O–H groups in total. The van der Waals surface area contributed by atoms with E-state index >= 15 is 0 Å². The second kappa shape index (κ2) is 4.93. The van der Waals surface area contributed by atoms with E-state index in [2.05, 4.69) is 30.9 Å². The molecular weight excluding hydrogens is 312 g/mol. The lowest BCUT2D eigenvalue weighted by Gasteiger charge is -2.08. The molecule has 0 bridgehead atoms. The van der Waals surface area contributed by atoms with Gasteiger partial charge in [0.1, 0.15) is 5.82 Å². The SMILES string of the molecule is Nc1nc(-c2cc(Br)cs2)nc(C2CCCC2)n1. The monoisotopic (exact) mass is 324 g/mol. The molecule has 6 heteroatoms. The number of anilines is 1. The second-order valence-corrected chi connectivity index (χ2v) is 6.31. The molecule has 0 unspecified atom stereocenters. The van der Waals surface area contributed by atoms with E-state index in [1.54, 1.807) is 11.3 Å². The maximum Gasteiger partial charge on any atom is 0.223 e. The highest BCUT2D eigenvalue weighted by Gasteiger charge is 2.21. The Hall–Kier alpha value is -1.01. The highest BCUT2D eigenvalue weighted by atomic mass is 79.9. The standard InChI is InChI=1S/C12H13BrN4S/c13-8-5-9(18-6-8)11-15-10(16-12(14)17-11)7-3-1-2-4-7/h5-7H,1-4H2,(H2,14,15,16,17). The molecule has 0 aromatic carbocycles. The first-order valence-corrected chi connectivity index (χ1v) is 7.65. The van der Waals surface area contributed by atoms with Gasteiger partial charge in [-0.1, -0.05) is 12.8 Å². The Balaban J connectivity index is 1.99. The average Bonchev–Trinajstić information content (AvgIpc) is 2.98. The number of nitrogens with two attached hydrogens (primary N) is 1. The van der Waals surface area contributed by atoms with Gasteiger partial charge in [0.05, 0.1) is 4.88 Å². The number of aromatic nitrogens is 3. The van der Waals surface area contributed by atoms with Gasteiger partial charge in [-0.25, -0.2) is 4.98 Å². The van der Waals surface area contributed by atoms with Crippen molar-refractivity contribution in [2.24, 2.45) is 0 Å². The van der Waals surface area contributed by atoms with Crippen LogP contribution in [0.1, 0.15) is 37.4 Å². The van der Waals surface area contributed by atoms with Gasteiger partial charge >= 0.3 is 0 Å². The summed E-state index contributed by atoms with van der Waals surface area (Å²) in [6.45, 7) is 0. The predicted octanol–water partition coefficient (Wildman–Crippen LogP) is 3.60. The Labute approximate surface area is 118 Å². The van der Waals surface area contributed by atoms with Crippen LogP contribution in [0.15, 0.2) is 15.9 Å². The van der Waals surface area contributed by atoms with Crippen molar-refractivity contribution in [3.63, 3.8) is 0 Å². The van der Waals surface area contributed by atoms with Crippen molar-refractivity contribution >= 4 is 33.2 Å². The molecule has 0 radical (unpaired) electrons. The zero-order valence-electron chi connectivity index (χ0n) is 9.77. The fraction of sp³-hybridized carbons (Fsp3) is 0.417. The van der Waals surface area contributed by atoms with Crippen molar-refractivity contribution in [1.82, 2.24) is 15.0 Å². The topological polar surface area (TPSA) is 64.7 Å². The average molecular weight is 325 g/mol. The zero-order chi connectivity index (χ0) is 12.5. The number of nitrogens with zero attached hydrogens (tertiary/aromatic N) is 3. The molecule has 3 rings (SSSR count). The Bertz CT molecular complexity index is 563. The molecule has 1 saturated carbocycles.